The van der Waals surface area contributed by atoms with Crippen molar-refractivity contribution in [1.82, 2.24) is 20.1 Å². The quantitative estimate of drug-likeness (QED) is 0.541. The second-order valence-corrected chi connectivity index (χ2v) is 3.84. The third-order valence-electron chi connectivity index (χ3n) is 1.70. The fourth-order valence-electron chi connectivity index (χ4n) is 0.956. The molecule has 0 atom stereocenters. The Morgan fingerprint density at radius 1 is 1.71 bits per heavy atom. The van der Waals surface area contributed by atoms with Crippen molar-refractivity contribution < 1.29 is 0 Å². The number of aryl methyl sites for hydroxylation is 1. The molecule has 0 unspecified atom stereocenters. The zero-order valence-corrected chi connectivity index (χ0v) is 9.05. The van der Waals surface area contributed by atoms with E-state index in [0.717, 1.165) is 30.4 Å². The molecule has 14 heavy (non-hydrogen) atoms. The number of aromatic nitrogens is 3. The number of nitrogens with one attached hydrogen (secondary N) is 1. The summed E-state index contributed by atoms with van der Waals surface area (Å²) in [5.74, 6) is 5.35. The van der Waals surface area contributed by atoms with Crippen LogP contribution in [0, 0.1) is 12.3 Å². The molecule has 0 radical (unpaired) electrons. The first-order valence-electron chi connectivity index (χ1n) is 4.39. The first kappa shape index (κ1) is 11.1. The fourth-order valence-corrected chi connectivity index (χ4v) is 1.51. The number of hydrogen-bond donors (Lipinski definition) is 1. The van der Waals surface area contributed by atoms with Crippen molar-refractivity contribution in [3.8, 4) is 12.3 Å². The van der Waals surface area contributed by atoms with Crippen LogP contribution in [0.1, 0.15) is 5.82 Å². The minimum atomic E-state index is 0.757. The Labute approximate surface area is 88.5 Å². The van der Waals surface area contributed by atoms with Gasteiger partial charge in [-0.05, 0) is 0 Å². The van der Waals surface area contributed by atoms with E-state index in [1.54, 1.807) is 22.8 Å². The van der Waals surface area contributed by atoms with E-state index in [9.17, 15) is 0 Å². The van der Waals surface area contributed by atoms with Crippen molar-refractivity contribution in [1.29, 1.82) is 0 Å². The number of terminal acetylenes is 1. The molecule has 0 saturated carbocycles. The average molecular weight is 210 g/mol. The maximum absolute atomic E-state index is 5.13. The third-order valence-corrected chi connectivity index (χ3v) is 2.56. The van der Waals surface area contributed by atoms with Gasteiger partial charge in [-0.25, -0.2) is 4.98 Å². The van der Waals surface area contributed by atoms with Crippen LogP contribution in [0.3, 0.4) is 0 Å². The minimum absolute atomic E-state index is 0.757. The standard InChI is InChI=1S/C9H14N4S/c1-3-5-14-6-4-10-7-9-11-8-12-13(9)2/h1,8,10H,4-7H2,2H3. The van der Waals surface area contributed by atoms with Gasteiger partial charge in [0.15, 0.2) is 0 Å². The van der Waals surface area contributed by atoms with Crippen molar-refractivity contribution in [2.45, 2.75) is 6.54 Å². The van der Waals surface area contributed by atoms with E-state index >= 15 is 0 Å². The summed E-state index contributed by atoms with van der Waals surface area (Å²) >= 11 is 1.75. The Bertz CT molecular complexity index is 302. The van der Waals surface area contributed by atoms with Crippen LogP contribution < -0.4 is 5.32 Å². The molecule has 0 aliphatic heterocycles. The van der Waals surface area contributed by atoms with Gasteiger partial charge in [0.25, 0.3) is 0 Å². The first-order valence-corrected chi connectivity index (χ1v) is 5.55. The lowest BCUT2D eigenvalue weighted by Gasteiger charge is -2.02. The van der Waals surface area contributed by atoms with Crippen LogP contribution in [0.2, 0.25) is 0 Å². The summed E-state index contributed by atoms with van der Waals surface area (Å²) in [5, 5.41) is 7.25. The van der Waals surface area contributed by atoms with Crippen LogP contribution in [0.5, 0.6) is 0 Å². The molecule has 1 aromatic heterocycles. The molecule has 0 aliphatic carbocycles. The summed E-state index contributed by atoms with van der Waals surface area (Å²) in [6.45, 7) is 1.70. The zero-order chi connectivity index (χ0) is 10.2. The number of rotatable bonds is 6. The summed E-state index contributed by atoms with van der Waals surface area (Å²) in [6.07, 6.45) is 6.69. The smallest absolute Gasteiger partial charge is 0.140 e. The van der Waals surface area contributed by atoms with Crippen LogP contribution in [0.15, 0.2) is 6.33 Å². The molecule has 1 heterocycles. The Morgan fingerprint density at radius 2 is 2.57 bits per heavy atom. The summed E-state index contributed by atoms with van der Waals surface area (Å²) in [6, 6.07) is 0. The van der Waals surface area contributed by atoms with Gasteiger partial charge in [-0.15, -0.1) is 18.2 Å². The minimum Gasteiger partial charge on any atom is -0.309 e. The molecule has 0 aromatic carbocycles. The number of nitrogens with zero attached hydrogens (tertiary/aromatic N) is 3. The normalized spacial score (nSPS) is 10.0. The molecule has 0 amide bonds. The van der Waals surface area contributed by atoms with Gasteiger partial charge in [0.1, 0.15) is 12.2 Å². The Morgan fingerprint density at radius 3 is 3.21 bits per heavy atom. The predicted octanol–water partition coefficient (Wildman–Crippen LogP) is 0.271. The Kier molecular flexibility index (Phi) is 5.12. The van der Waals surface area contributed by atoms with Gasteiger partial charge in [-0.3, -0.25) is 4.68 Å². The van der Waals surface area contributed by atoms with Crippen LogP contribution in [0.4, 0.5) is 0 Å². The molecular formula is C9H14N4S. The Hall–Kier alpha value is -0.990. The topological polar surface area (TPSA) is 42.7 Å². The molecule has 4 nitrogen and oxygen atoms in total. The van der Waals surface area contributed by atoms with Gasteiger partial charge in [0.05, 0.1) is 12.3 Å². The van der Waals surface area contributed by atoms with Crippen LogP contribution in [-0.4, -0.2) is 32.8 Å². The van der Waals surface area contributed by atoms with Crippen molar-refractivity contribution in [2.75, 3.05) is 18.1 Å². The molecule has 0 spiro atoms. The van der Waals surface area contributed by atoms with E-state index in [-0.39, 0.29) is 0 Å². The van der Waals surface area contributed by atoms with E-state index in [4.69, 9.17) is 6.42 Å². The Balaban J connectivity index is 2.05. The SMILES string of the molecule is C#CCSCCNCc1ncnn1C. The molecule has 5 heteroatoms. The number of hydrogen-bond acceptors (Lipinski definition) is 4. The molecule has 0 saturated heterocycles. The monoisotopic (exact) mass is 210 g/mol. The second-order valence-electron chi connectivity index (χ2n) is 2.73. The summed E-state index contributed by atoms with van der Waals surface area (Å²) in [7, 11) is 1.89. The van der Waals surface area contributed by atoms with E-state index in [0.29, 0.717) is 0 Å². The molecular weight excluding hydrogens is 196 g/mol. The van der Waals surface area contributed by atoms with E-state index in [2.05, 4.69) is 21.3 Å². The highest BCUT2D eigenvalue weighted by Gasteiger charge is 1.97. The second kappa shape index (κ2) is 6.46. The highest BCUT2D eigenvalue weighted by atomic mass is 32.2. The van der Waals surface area contributed by atoms with Crippen molar-refractivity contribution in [2.24, 2.45) is 7.05 Å². The van der Waals surface area contributed by atoms with Gasteiger partial charge < -0.3 is 5.32 Å². The summed E-state index contributed by atoms with van der Waals surface area (Å²) < 4.78 is 1.77. The lowest BCUT2D eigenvalue weighted by Crippen LogP contribution is -2.19. The van der Waals surface area contributed by atoms with Crippen molar-refractivity contribution in [3.63, 3.8) is 0 Å². The van der Waals surface area contributed by atoms with Crippen LogP contribution in [-0.2, 0) is 13.6 Å². The zero-order valence-electron chi connectivity index (χ0n) is 8.23. The highest BCUT2D eigenvalue weighted by Crippen LogP contribution is 1.96. The molecule has 1 N–H and O–H groups in total. The van der Waals surface area contributed by atoms with E-state index in [1.165, 1.54) is 0 Å². The molecule has 0 bridgehead atoms. The lowest BCUT2D eigenvalue weighted by molar-refractivity contribution is 0.632. The third kappa shape index (κ3) is 3.81. The largest absolute Gasteiger partial charge is 0.309 e. The maximum atomic E-state index is 5.13. The number of thioether (sulfide) groups is 1. The highest BCUT2D eigenvalue weighted by molar-refractivity contribution is 7.99. The van der Waals surface area contributed by atoms with Gasteiger partial charge in [0, 0.05) is 19.3 Å². The van der Waals surface area contributed by atoms with Crippen molar-refractivity contribution in [3.05, 3.63) is 12.2 Å². The van der Waals surface area contributed by atoms with Crippen LogP contribution >= 0.6 is 11.8 Å². The van der Waals surface area contributed by atoms with Gasteiger partial charge >= 0.3 is 0 Å². The maximum Gasteiger partial charge on any atom is 0.140 e. The molecule has 1 aromatic rings. The van der Waals surface area contributed by atoms with Gasteiger partial charge in [-0.2, -0.15) is 5.10 Å². The lowest BCUT2D eigenvalue weighted by atomic mass is 10.5. The molecule has 0 aliphatic rings. The van der Waals surface area contributed by atoms with E-state index in [1.807, 2.05) is 7.05 Å². The molecule has 0 fully saturated rings. The predicted molar refractivity (Wildman–Crippen MR) is 58.9 cm³/mol. The first-order chi connectivity index (χ1) is 6.84. The van der Waals surface area contributed by atoms with E-state index < -0.39 is 0 Å². The summed E-state index contributed by atoms with van der Waals surface area (Å²) in [5.41, 5.74) is 0. The van der Waals surface area contributed by atoms with Gasteiger partial charge in [-0.1, -0.05) is 5.92 Å². The van der Waals surface area contributed by atoms with Crippen LogP contribution in [0.25, 0.3) is 0 Å². The average Bonchev–Trinajstić information content (AvgIpc) is 2.58. The van der Waals surface area contributed by atoms with Crippen molar-refractivity contribution >= 4 is 11.8 Å². The molecule has 76 valence electrons. The fraction of sp³-hybridized carbons (Fsp3) is 0.556. The summed E-state index contributed by atoms with van der Waals surface area (Å²) in [4.78, 5) is 4.10. The van der Waals surface area contributed by atoms with Gasteiger partial charge in [0.2, 0.25) is 0 Å². The molecule has 1 rings (SSSR count).